The van der Waals surface area contributed by atoms with Crippen molar-refractivity contribution < 1.29 is 5.11 Å². The van der Waals surface area contributed by atoms with Gasteiger partial charge in [0.2, 0.25) is 0 Å². The Kier molecular flexibility index (Phi) is 2.86. The summed E-state index contributed by atoms with van der Waals surface area (Å²) in [6, 6.07) is 9.01. The fraction of sp³-hybridized carbons (Fsp3) is 0.231. The molecule has 3 nitrogen and oxygen atoms in total. The Morgan fingerprint density at radius 3 is 2.38 bits per heavy atom. The summed E-state index contributed by atoms with van der Waals surface area (Å²) >= 11 is 0. The first-order valence-corrected chi connectivity index (χ1v) is 5.33. The molecule has 1 aromatic heterocycles. The molecule has 0 aliphatic heterocycles. The topological polar surface area (TPSA) is 46.0 Å². The van der Waals surface area contributed by atoms with Gasteiger partial charge in [-0.15, -0.1) is 0 Å². The standard InChI is InChI=1S/C13H14N2O/c1-3-12-9(2)8-13(15-14-12)10-4-6-11(16)7-5-10/h4-8,16H,3H2,1-2H3. The quantitative estimate of drug-likeness (QED) is 0.836. The van der Waals surface area contributed by atoms with E-state index in [1.54, 1.807) is 12.1 Å². The largest absolute Gasteiger partial charge is 0.508 e. The Labute approximate surface area is 94.8 Å². The highest BCUT2D eigenvalue weighted by atomic mass is 16.3. The first-order chi connectivity index (χ1) is 7.70. The number of phenolic OH excluding ortho intramolecular Hbond substituents is 1. The molecule has 0 fully saturated rings. The van der Waals surface area contributed by atoms with Crippen molar-refractivity contribution in [3.63, 3.8) is 0 Å². The number of hydrogen-bond acceptors (Lipinski definition) is 3. The maximum Gasteiger partial charge on any atom is 0.115 e. The smallest absolute Gasteiger partial charge is 0.115 e. The number of aryl methyl sites for hydroxylation is 2. The summed E-state index contributed by atoms with van der Waals surface area (Å²) < 4.78 is 0. The molecule has 0 unspecified atom stereocenters. The SMILES string of the molecule is CCc1nnc(-c2ccc(O)cc2)cc1C. The van der Waals surface area contributed by atoms with E-state index in [1.165, 1.54) is 0 Å². The molecule has 16 heavy (non-hydrogen) atoms. The monoisotopic (exact) mass is 214 g/mol. The summed E-state index contributed by atoms with van der Waals surface area (Å²) in [5, 5.41) is 17.6. The van der Waals surface area contributed by atoms with Crippen molar-refractivity contribution >= 4 is 0 Å². The van der Waals surface area contributed by atoms with E-state index in [0.29, 0.717) is 0 Å². The van der Waals surface area contributed by atoms with Gasteiger partial charge < -0.3 is 5.11 Å². The fourth-order valence-corrected chi connectivity index (χ4v) is 1.63. The fourth-order valence-electron chi connectivity index (χ4n) is 1.63. The summed E-state index contributed by atoms with van der Waals surface area (Å²) in [7, 11) is 0. The van der Waals surface area contributed by atoms with Crippen LogP contribution in [0.1, 0.15) is 18.2 Å². The predicted molar refractivity (Wildman–Crippen MR) is 63.2 cm³/mol. The van der Waals surface area contributed by atoms with Crippen LogP contribution in [0.2, 0.25) is 0 Å². The van der Waals surface area contributed by atoms with Gasteiger partial charge >= 0.3 is 0 Å². The lowest BCUT2D eigenvalue weighted by atomic mass is 10.1. The molecule has 0 radical (unpaired) electrons. The third kappa shape index (κ3) is 2.03. The highest BCUT2D eigenvalue weighted by Gasteiger charge is 2.04. The van der Waals surface area contributed by atoms with E-state index in [9.17, 15) is 5.11 Å². The molecular formula is C13H14N2O. The average molecular weight is 214 g/mol. The van der Waals surface area contributed by atoms with Gasteiger partial charge in [-0.1, -0.05) is 6.92 Å². The van der Waals surface area contributed by atoms with Gasteiger partial charge in [-0.2, -0.15) is 10.2 Å². The van der Waals surface area contributed by atoms with Crippen LogP contribution in [-0.4, -0.2) is 15.3 Å². The average Bonchev–Trinajstić information content (AvgIpc) is 2.30. The van der Waals surface area contributed by atoms with Gasteiger partial charge in [0.15, 0.2) is 0 Å². The maximum atomic E-state index is 9.20. The molecule has 2 rings (SSSR count). The Hall–Kier alpha value is -1.90. The maximum absolute atomic E-state index is 9.20. The first-order valence-electron chi connectivity index (χ1n) is 5.33. The second kappa shape index (κ2) is 4.31. The molecule has 0 atom stereocenters. The summed E-state index contributed by atoms with van der Waals surface area (Å²) in [6.45, 7) is 4.11. The van der Waals surface area contributed by atoms with E-state index in [4.69, 9.17) is 0 Å². The van der Waals surface area contributed by atoms with Crippen LogP contribution in [0.15, 0.2) is 30.3 Å². The molecule has 0 amide bonds. The predicted octanol–water partition coefficient (Wildman–Crippen LogP) is 2.72. The van der Waals surface area contributed by atoms with Gasteiger partial charge in [-0.3, -0.25) is 0 Å². The summed E-state index contributed by atoms with van der Waals surface area (Å²) in [6.07, 6.45) is 0.898. The van der Waals surface area contributed by atoms with Crippen LogP contribution in [0.5, 0.6) is 5.75 Å². The lowest BCUT2D eigenvalue weighted by Crippen LogP contribution is -1.96. The summed E-state index contributed by atoms with van der Waals surface area (Å²) in [4.78, 5) is 0. The van der Waals surface area contributed by atoms with Crippen molar-refractivity contribution in [2.45, 2.75) is 20.3 Å². The summed E-state index contributed by atoms with van der Waals surface area (Å²) in [5.41, 5.74) is 3.99. The lowest BCUT2D eigenvalue weighted by molar-refractivity contribution is 0.475. The Bertz CT molecular complexity index is 492. The van der Waals surface area contributed by atoms with Crippen molar-refractivity contribution in [1.82, 2.24) is 10.2 Å². The summed E-state index contributed by atoms with van der Waals surface area (Å²) in [5.74, 6) is 0.263. The normalized spacial score (nSPS) is 10.4. The minimum Gasteiger partial charge on any atom is -0.508 e. The second-order valence-corrected chi connectivity index (χ2v) is 3.76. The van der Waals surface area contributed by atoms with Gasteiger partial charge in [-0.05, 0) is 49.2 Å². The second-order valence-electron chi connectivity index (χ2n) is 3.76. The number of benzene rings is 1. The molecule has 1 N–H and O–H groups in total. The zero-order valence-corrected chi connectivity index (χ0v) is 9.44. The Morgan fingerprint density at radius 1 is 1.12 bits per heavy atom. The third-order valence-electron chi connectivity index (χ3n) is 2.58. The van der Waals surface area contributed by atoms with E-state index in [2.05, 4.69) is 17.1 Å². The molecule has 1 aromatic carbocycles. The zero-order chi connectivity index (χ0) is 11.5. The Morgan fingerprint density at radius 2 is 1.81 bits per heavy atom. The van der Waals surface area contributed by atoms with Crippen molar-refractivity contribution in [3.8, 4) is 17.0 Å². The van der Waals surface area contributed by atoms with Gasteiger partial charge in [0.25, 0.3) is 0 Å². The highest BCUT2D eigenvalue weighted by Crippen LogP contribution is 2.20. The first kappa shape index (κ1) is 10.6. The number of aromatic nitrogens is 2. The molecule has 2 aromatic rings. The van der Waals surface area contributed by atoms with Crippen molar-refractivity contribution in [2.75, 3.05) is 0 Å². The minimum atomic E-state index is 0.263. The van der Waals surface area contributed by atoms with E-state index in [0.717, 1.165) is 28.9 Å². The number of nitrogens with zero attached hydrogens (tertiary/aromatic N) is 2. The van der Waals surface area contributed by atoms with E-state index < -0.39 is 0 Å². The van der Waals surface area contributed by atoms with Crippen LogP contribution in [-0.2, 0) is 6.42 Å². The molecule has 0 aliphatic carbocycles. The number of phenols is 1. The van der Waals surface area contributed by atoms with Crippen LogP contribution in [0, 0.1) is 6.92 Å². The molecule has 1 heterocycles. The minimum absolute atomic E-state index is 0.263. The van der Waals surface area contributed by atoms with Crippen LogP contribution in [0.4, 0.5) is 0 Å². The number of aromatic hydroxyl groups is 1. The van der Waals surface area contributed by atoms with Crippen LogP contribution in [0.3, 0.4) is 0 Å². The van der Waals surface area contributed by atoms with Crippen molar-refractivity contribution in [3.05, 3.63) is 41.6 Å². The zero-order valence-electron chi connectivity index (χ0n) is 9.44. The van der Waals surface area contributed by atoms with Gasteiger partial charge in [0.05, 0.1) is 11.4 Å². The Balaban J connectivity index is 2.41. The molecular weight excluding hydrogens is 200 g/mol. The molecule has 0 aliphatic rings. The molecule has 0 saturated carbocycles. The van der Waals surface area contributed by atoms with Crippen LogP contribution < -0.4 is 0 Å². The van der Waals surface area contributed by atoms with E-state index in [1.807, 2.05) is 25.1 Å². The van der Waals surface area contributed by atoms with E-state index in [-0.39, 0.29) is 5.75 Å². The molecule has 3 heteroatoms. The molecule has 0 bridgehead atoms. The van der Waals surface area contributed by atoms with Crippen molar-refractivity contribution in [2.24, 2.45) is 0 Å². The number of rotatable bonds is 2. The number of hydrogen-bond donors (Lipinski definition) is 1. The van der Waals surface area contributed by atoms with Crippen LogP contribution in [0.25, 0.3) is 11.3 Å². The molecule has 0 spiro atoms. The van der Waals surface area contributed by atoms with Crippen LogP contribution >= 0.6 is 0 Å². The molecule has 0 saturated heterocycles. The van der Waals surface area contributed by atoms with E-state index >= 15 is 0 Å². The van der Waals surface area contributed by atoms with Crippen molar-refractivity contribution in [1.29, 1.82) is 0 Å². The third-order valence-corrected chi connectivity index (χ3v) is 2.58. The van der Waals surface area contributed by atoms with Gasteiger partial charge in [-0.25, -0.2) is 0 Å². The van der Waals surface area contributed by atoms with Gasteiger partial charge in [0, 0.05) is 5.56 Å². The molecule has 82 valence electrons. The lowest BCUT2D eigenvalue weighted by Gasteiger charge is -2.04. The van der Waals surface area contributed by atoms with Gasteiger partial charge in [0.1, 0.15) is 5.75 Å². The highest BCUT2D eigenvalue weighted by molar-refractivity contribution is 5.60.